The lowest BCUT2D eigenvalue weighted by molar-refractivity contribution is -0.0924. The van der Waals surface area contributed by atoms with Crippen LogP contribution < -0.4 is 5.32 Å². The van der Waals surface area contributed by atoms with Gasteiger partial charge in [-0.15, -0.1) is 0 Å². The Morgan fingerprint density at radius 3 is 2.67 bits per heavy atom. The Bertz CT molecular complexity index is 364. The Morgan fingerprint density at radius 2 is 2.13 bits per heavy atom. The Balaban J connectivity index is 1.98. The molecule has 1 N–H and O–H groups in total. The molecule has 0 unspecified atom stereocenters. The molecule has 0 atom stereocenters. The van der Waals surface area contributed by atoms with Crippen molar-refractivity contribution in [1.82, 2.24) is 0 Å². The van der Waals surface area contributed by atoms with Crippen LogP contribution in [0, 0.1) is 17.0 Å². The van der Waals surface area contributed by atoms with Gasteiger partial charge in [-0.2, -0.15) is 0 Å². The lowest BCUT2D eigenvalue weighted by Crippen LogP contribution is -2.45. The summed E-state index contributed by atoms with van der Waals surface area (Å²) in [4.78, 5) is 0. The quantitative estimate of drug-likeness (QED) is 0.832. The van der Waals surface area contributed by atoms with Gasteiger partial charge in [0.2, 0.25) is 0 Å². The molecular weight excluding hydrogens is 200 g/mol. The van der Waals surface area contributed by atoms with E-state index in [-0.39, 0.29) is 5.41 Å². The molecular formula is C11H13F2NO. The van der Waals surface area contributed by atoms with Crippen molar-refractivity contribution < 1.29 is 13.5 Å². The summed E-state index contributed by atoms with van der Waals surface area (Å²) in [6, 6.07) is 3.53. The summed E-state index contributed by atoms with van der Waals surface area (Å²) < 4.78 is 30.9. The van der Waals surface area contributed by atoms with Crippen molar-refractivity contribution >= 4 is 5.69 Å². The number of benzene rings is 1. The van der Waals surface area contributed by atoms with E-state index in [0.29, 0.717) is 25.4 Å². The van der Waals surface area contributed by atoms with Gasteiger partial charge in [-0.3, -0.25) is 0 Å². The zero-order chi connectivity index (χ0) is 10.9. The summed E-state index contributed by atoms with van der Waals surface area (Å²) in [5.41, 5.74) is 0.408. The minimum Gasteiger partial charge on any atom is -0.382 e. The molecule has 1 saturated heterocycles. The first-order valence-corrected chi connectivity index (χ1v) is 4.86. The fraction of sp³-hybridized carbons (Fsp3) is 0.455. The van der Waals surface area contributed by atoms with Crippen molar-refractivity contribution in [3.05, 3.63) is 29.8 Å². The molecule has 1 fully saturated rings. The van der Waals surface area contributed by atoms with Crippen molar-refractivity contribution in [3.63, 3.8) is 0 Å². The number of hydrogen-bond donors (Lipinski definition) is 1. The fourth-order valence-corrected chi connectivity index (χ4v) is 1.49. The van der Waals surface area contributed by atoms with Crippen LogP contribution in [0.4, 0.5) is 14.5 Å². The summed E-state index contributed by atoms with van der Waals surface area (Å²) >= 11 is 0. The molecule has 2 nitrogen and oxygen atoms in total. The predicted molar refractivity (Wildman–Crippen MR) is 53.8 cm³/mol. The molecule has 0 radical (unpaired) electrons. The molecule has 82 valence electrons. The molecule has 0 saturated carbocycles. The van der Waals surface area contributed by atoms with Crippen LogP contribution in [-0.4, -0.2) is 19.8 Å². The fourth-order valence-electron chi connectivity index (χ4n) is 1.49. The van der Waals surface area contributed by atoms with Gasteiger partial charge in [-0.25, -0.2) is 8.78 Å². The van der Waals surface area contributed by atoms with Gasteiger partial charge < -0.3 is 10.1 Å². The van der Waals surface area contributed by atoms with Gasteiger partial charge in [0.1, 0.15) is 11.6 Å². The Labute approximate surface area is 87.2 Å². The van der Waals surface area contributed by atoms with Crippen molar-refractivity contribution in [1.29, 1.82) is 0 Å². The van der Waals surface area contributed by atoms with Crippen LogP contribution in [0.2, 0.25) is 0 Å². The van der Waals surface area contributed by atoms with Crippen molar-refractivity contribution in [2.75, 3.05) is 25.1 Å². The zero-order valence-corrected chi connectivity index (χ0v) is 8.52. The highest BCUT2D eigenvalue weighted by molar-refractivity contribution is 5.44. The first-order valence-electron chi connectivity index (χ1n) is 4.86. The predicted octanol–water partition coefficient (Wildman–Crippen LogP) is 2.41. The van der Waals surface area contributed by atoms with E-state index in [4.69, 9.17) is 4.74 Å². The SMILES string of the molecule is CC1(CNc2ccc(F)cc2F)COC1. The number of hydrogen-bond acceptors (Lipinski definition) is 2. The van der Waals surface area contributed by atoms with E-state index in [1.54, 1.807) is 0 Å². The summed E-state index contributed by atoms with van der Waals surface area (Å²) in [5, 5.41) is 2.96. The molecule has 0 amide bonds. The molecule has 1 heterocycles. The van der Waals surface area contributed by atoms with Gasteiger partial charge in [-0.1, -0.05) is 6.92 Å². The van der Waals surface area contributed by atoms with Crippen LogP contribution in [0.25, 0.3) is 0 Å². The van der Waals surface area contributed by atoms with E-state index < -0.39 is 11.6 Å². The summed E-state index contributed by atoms with van der Waals surface area (Å²) in [7, 11) is 0. The van der Waals surface area contributed by atoms with E-state index in [1.165, 1.54) is 12.1 Å². The van der Waals surface area contributed by atoms with Crippen molar-refractivity contribution in [2.24, 2.45) is 5.41 Å². The normalized spacial score (nSPS) is 18.3. The third-order valence-electron chi connectivity index (χ3n) is 2.54. The molecule has 0 spiro atoms. The summed E-state index contributed by atoms with van der Waals surface area (Å²) in [6.45, 7) is 4.06. The van der Waals surface area contributed by atoms with Gasteiger partial charge >= 0.3 is 0 Å². The van der Waals surface area contributed by atoms with E-state index in [1.807, 2.05) is 0 Å². The minimum absolute atomic E-state index is 0.0703. The maximum absolute atomic E-state index is 13.2. The molecule has 1 aromatic carbocycles. The second-order valence-electron chi connectivity index (χ2n) is 4.28. The molecule has 0 bridgehead atoms. The summed E-state index contributed by atoms with van der Waals surface area (Å²) in [6.07, 6.45) is 0. The van der Waals surface area contributed by atoms with Gasteiger partial charge in [-0.05, 0) is 12.1 Å². The molecule has 1 aliphatic heterocycles. The highest BCUT2D eigenvalue weighted by Crippen LogP contribution is 2.27. The number of nitrogens with one attached hydrogen (secondary N) is 1. The second kappa shape index (κ2) is 3.77. The van der Waals surface area contributed by atoms with Crippen LogP contribution >= 0.6 is 0 Å². The second-order valence-corrected chi connectivity index (χ2v) is 4.28. The summed E-state index contributed by atoms with van der Waals surface area (Å²) in [5.74, 6) is -1.12. The lowest BCUT2D eigenvalue weighted by atomic mass is 9.89. The lowest BCUT2D eigenvalue weighted by Gasteiger charge is -2.38. The van der Waals surface area contributed by atoms with Crippen LogP contribution in [0.1, 0.15) is 6.92 Å². The number of anilines is 1. The molecule has 15 heavy (non-hydrogen) atoms. The highest BCUT2D eigenvalue weighted by Gasteiger charge is 2.33. The van der Waals surface area contributed by atoms with Crippen molar-refractivity contribution in [2.45, 2.75) is 6.92 Å². The average Bonchev–Trinajstić information content (AvgIpc) is 2.14. The molecule has 2 rings (SSSR count). The highest BCUT2D eigenvalue weighted by atomic mass is 19.1. The van der Waals surface area contributed by atoms with E-state index in [2.05, 4.69) is 12.2 Å². The Hall–Kier alpha value is -1.16. The molecule has 4 heteroatoms. The third-order valence-corrected chi connectivity index (χ3v) is 2.54. The third kappa shape index (κ3) is 2.26. The maximum Gasteiger partial charge on any atom is 0.149 e. The monoisotopic (exact) mass is 213 g/mol. The van der Waals surface area contributed by atoms with Gasteiger partial charge in [0.25, 0.3) is 0 Å². The zero-order valence-electron chi connectivity index (χ0n) is 8.52. The smallest absolute Gasteiger partial charge is 0.149 e. The first kappa shape index (κ1) is 10.4. The van der Waals surface area contributed by atoms with Crippen molar-refractivity contribution in [3.8, 4) is 0 Å². The minimum atomic E-state index is -0.559. The maximum atomic E-state index is 13.2. The topological polar surface area (TPSA) is 21.3 Å². The van der Waals surface area contributed by atoms with Gasteiger partial charge in [0, 0.05) is 18.0 Å². The molecule has 1 aromatic rings. The van der Waals surface area contributed by atoms with Crippen LogP contribution in [0.15, 0.2) is 18.2 Å². The van der Waals surface area contributed by atoms with Gasteiger partial charge in [0.15, 0.2) is 0 Å². The van der Waals surface area contributed by atoms with Gasteiger partial charge in [0.05, 0.1) is 18.9 Å². The molecule has 0 aliphatic carbocycles. The van der Waals surface area contributed by atoms with Crippen LogP contribution in [0.3, 0.4) is 0 Å². The average molecular weight is 213 g/mol. The molecule has 1 aliphatic rings. The first-order chi connectivity index (χ1) is 7.09. The van der Waals surface area contributed by atoms with E-state index in [9.17, 15) is 8.78 Å². The Kier molecular flexibility index (Phi) is 2.61. The van der Waals surface area contributed by atoms with E-state index in [0.717, 1.165) is 6.07 Å². The number of halogens is 2. The molecule has 0 aromatic heterocycles. The number of rotatable bonds is 3. The Morgan fingerprint density at radius 1 is 1.40 bits per heavy atom. The van der Waals surface area contributed by atoms with Crippen LogP contribution in [-0.2, 0) is 4.74 Å². The van der Waals surface area contributed by atoms with E-state index >= 15 is 0 Å². The number of ether oxygens (including phenoxy) is 1. The largest absolute Gasteiger partial charge is 0.382 e. The van der Waals surface area contributed by atoms with Crippen LogP contribution in [0.5, 0.6) is 0 Å². The standard InChI is InChI=1S/C11H13F2NO/c1-11(6-15-7-11)5-14-10-3-2-8(12)4-9(10)13/h2-4,14H,5-7H2,1H3.